The van der Waals surface area contributed by atoms with E-state index in [0.717, 1.165) is 17.7 Å². The maximum atomic E-state index is 11.4. The van der Waals surface area contributed by atoms with Gasteiger partial charge in [-0.3, -0.25) is 4.90 Å². The maximum absolute atomic E-state index is 11.4. The topological polar surface area (TPSA) is 23.5 Å². The van der Waals surface area contributed by atoms with Crippen LogP contribution in [0, 0.1) is 0 Å². The zero-order chi connectivity index (χ0) is 16.0. The number of hydrogen-bond donors (Lipinski definition) is 1. The van der Waals surface area contributed by atoms with Gasteiger partial charge in [0.15, 0.2) is 0 Å². The van der Waals surface area contributed by atoms with Crippen molar-refractivity contribution in [1.82, 2.24) is 4.90 Å². The molecule has 1 heterocycles. The summed E-state index contributed by atoms with van der Waals surface area (Å²) in [5, 5.41) is 11.4. The van der Waals surface area contributed by atoms with Crippen molar-refractivity contribution in [3.63, 3.8) is 0 Å². The molecule has 1 fully saturated rings. The van der Waals surface area contributed by atoms with Crippen molar-refractivity contribution in [2.24, 2.45) is 0 Å². The molecule has 3 rings (SSSR count). The van der Waals surface area contributed by atoms with E-state index in [4.69, 9.17) is 0 Å². The summed E-state index contributed by atoms with van der Waals surface area (Å²) in [6.45, 7) is 3.24. The highest BCUT2D eigenvalue weighted by Gasteiger charge is 2.28. The SMILES string of the molecule is OC(/C=C/CN1CCCCC1)(c1ccccc1)c1ccccc1. The first-order valence-electron chi connectivity index (χ1n) is 8.52. The van der Waals surface area contributed by atoms with Crippen LogP contribution in [0.2, 0.25) is 0 Å². The van der Waals surface area contributed by atoms with E-state index in [0.29, 0.717) is 0 Å². The van der Waals surface area contributed by atoms with Crippen LogP contribution >= 0.6 is 0 Å². The number of nitrogens with zero attached hydrogens (tertiary/aromatic N) is 1. The molecule has 0 bridgehead atoms. The summed E-state index contributed by atoms with van der Waals surface area (Å²) in [4.78, 5) is 2.45. The lowest BCUT2D eigenvalue weighted by Gasteiger charge is -2.28. The van der Waals surface area contributed by atoms with Gasteiger partial charge in [-0.15, -0.1) is 0 Å². The van der Waals surface area contributed by atoms with E-state index in [1.165, 1.54) is 32.4 Å². The molecular weight excluding hydrogens is 282 g/mol. The number of aliphatic hydroxyl groups is 1. The van der Waals surface area contributed by atoms with Gasteiger partial charge < -0.3 is 5.11 Å². The molecule has 2 nitrogen and oxygen atoms in total. The molecule has 0 atom stereocenters. The summed E-state index contributed by atoms with van der Waals surface area (Å²) in [5.41, 5.74) is 0.736. The average molecular weight is 307 g/mol. The molecule has 120 valence electrons. The Labute approximate surface area is 139 Å². The third-order valence-electron chi connectivity index (χ3n) is 4.60. The molecule has 0 spiro atoms. The van der Waals surface area contributed by atoms with Crippen LogP contribution in [0.4, 0.5) is 0 Å². The van der Waals surface area contributed by atoms with Crippen molar-refractivity contribution in [3.8, 4) is 0 Å². The lowest BCUT2D eigenvalue weighted by atomic mass is 9.86. The van der Waals surface area contributed by atoms with E-state index in [1.807, 2.05) is 66.7 Å². The largest absolute Gasteiger partial charge is 0.377 e. The van der Waals surface area contributed by atoms with Crippen molar-refractivity contribution < 1.29 is 5.11 Å². The Hall–Kier alpha value is -1.90. The van der Waals surface area contributed by atoms with Gasteiger partial charge in [0, 0.05) is 6.54 Å². The van der Waals surface area contributed by atoms with Gasteiger partial charge in [0.05, 0.1) is 0 Å². The zero-order valence-electron chi connectivity index (χ0n) is 13.6. The highest BCUT2D eigenvalue weighted by molar-refractivity contribution is 5.40. The highest BCUT2D eigenvalue weighted by Crippen LogP contribution is 2.31. The summed E-state index contributed by atoms with van der Waals surface area (Å²) >= 11 is 0. The normalized spacial score (nSPS) is 16.7. The number of likely N-dealkylation sites (tertiary alicyclic amines) is 1. The van der Waals surface area contributed by atoms with E-state index in [-0.39, 0.29) is 0 Å². The first kappa shape index (κ1) is 16.0. The van der Waals surface area contributed by atoms with Crippen molar-refractivity contribution in [2.45, 2.75) is 24.9 Å². The first-order chi connectivity index (χ1) is 11.3. The van der Waals surface area contributed by atoms with Crippen LogP contribution in [0.5, 0.6) is 0 Å². The van der Waals surface area contributed by atoms with E-state index < -0.39 is 5.60 Å². The molecule has 1 saturated heterocycles. The molecule has 0 amide bonds. The van der Waals surface area contributed by atoms with Crippen molar-refractivity contribution in [3.05, 3.63) is 83.9 Å². The van der Waals surface area contributed by atoms with Gasteiger partial charge in [-0.05, 0) is 43.1 Å². The molecule has 2 aromatic rings. The second-order valence-electron chi connectivity index (χ2n) is 6.26. The summed E-state index contributed by atoms with van der Waals surface area (Å²) in [7, 11) is 0. The van der Waals surface area contributed by atoms with Crippen molar-refractivity contribution >= 4 is 0 Å². The highest BCUT2D eigenvalue weighted by atomic mass is 16.3. The standard InChI is InChI=1S/C21H25NO/c23-21(19-11-4-1-5-12-19,20-13-6-2-7-14-20)15-10-18-22-16-8-3-9-17-22/h1-2,4-7,10-15,23H,3,8-9,16-18H2/b15-10+. The van der Waals surface area contributed by atoms with Crippen LogP contribution in [0.15, 0.2) is 72.8 Å². The molecule has 1 N–H and O–H groups in total. The summed E-state index contributed by atoms with van der Waals surface area (Å²) in [6, 6.07) is 19.8. The van der Waals surface area contributed by atoms with E-state index in [9.17, 15) is 5.11 Å². The van der Waals surface area contributed by atoms with Crippen LogP contribution in [0.3, 0.4) is 0 Å². The van der Waals surface area contributed by atoms with E-state index in [1.54, 1.807) is 0 Å². The predicted octanol–water partition coefficient (Wildman–Crippen LogP) is 3.96. The minimum absolute atomic E-state index is 0.904. The van der Waals surface area contributed by atoms with Crippen LogP contribution in [0.25, 0.3) is 0 Å². The molecule has 0 aromatic heterocycles. The molecule has 1 aliphatic heterocycles. The van der Waals surface area contributed by atoms with Crippen LogP contribution in [-0.2, 0) is 5.60 Å². The minimum Gasteiger partial charge on any atom is -0.377 e. The quantitative estimate of drug-likeness (QED) is 0.845. The lowest BCUT2D eigenvalue weighted by Crippen LogP contribution is -2.30. The first-order valence-corrected chi connectivity index (χ1v) is 8.52. The molecule has 0 saturated carbocycles. The number of benzene rings is 2. The molecule has 1 aliphatic rings. The Kier molecular flexibility index (Phi) is 5.27. The summed E-state index contributed by atoms with van der Waals surface area (Å²) in [6.07, 6.45) is 7.99. The van der Waals surface area contributed by atoms with Gasteiger partial charge in [0.25, 0.3) is 0 Å². The van der Waals surface area contributed by atoms with E-state index in [2.05, 4.69) is 11.0 Å². The molecule has 0 aliphatic carbocycles. The summed E-state index contributed by atoms with van der Waals surface area (Å²) < 4.78 is 0. The summed E-state index contributed by atoms with van der Waals surface area (Å²) in [5.74, 6) is 0. The molecule has 0 unspecified atom stereocenters. The molecular formula is C21H25NO. The van der Waals surface area contributed by atoms with Gasteiger partial charge in [-0.2, -0.15) is 0 Å². The van der Waals surface area contributed by atoms with Gasteiger partial charge in [-0.1, -0.05) is 73.2 Å². The fraction of sp³-hybridized carbons (Fsp3) is 0.333. The third-order valence-corrected chi connectivity index (χ3v) is 4.60. The minimum atomic E-state index is -1.07. The van der Waals surface area contributed by atoms with Gasteiger partial charge >= 0.3 is 0 Å². The van der Waals surface area contributed by atoms with Gasteiger partial charge in [0.1, 0.15) is 5.60 Å². The third kappa shape index (κ3) is 3.90. The van der Waals surface area contributed by atoms with Crippen LogP contribution in [0.1, 0.15) is 30.4 Å². The molecule has 2 aromatic carbocycles. The fourth-order valence-corrected chi connectivity index (χ4v) is 3.26. The molecule has 0 radical (unpaired) electrons. The van der Waals surface area contributed by atoms with Crippen molar-refractivity contribution in [2.75, 3.05) is 19.6 Å². The number of hydrogen-bond acceptors (Lipinski definition) is 2. The number of rotatable bonds is 5. The average Bonchev–Trinajstić information content (AvgIpc) is 2.64. The molecule has 2 heteroatoms. The smallest absolute Gasteiger partial charge is 0.133 e. The monoisotopic (exact) mass is 307 g/mol. The Morgan fingerprint density at radius 3 is 1.87 bits per heavy atom. The van der Waals surface area contributed by atoms with Crippen LogP contribution in [-0.4, -0.2) is 29.6 Å². The second-order valence-corrected chi connectivity index (χ2v) is 6.26. The second kappa shape index (κ2) is 7.58. The molecule has 23 heavy (non-hydrogen) atoms. The maximum Gasteiger partial charge on any atom is 0.133 e. The predicted molar refractivity (Wildman–Crippen MR) is 95.3 cm³/mol. The van der Waals surface area contributed by atoms with Crippen LogP contribution < -0.4 is 0 Å². The van der Waals surface area contributed by atoms with E-state index >= 15 is 0 Å². The Bertz CT molecular complexity index is 575. The Morgan fingerprint density at radius 1 is 0.826 bits per heavy atom. The lowest BCUT2D eigenvalue weighted by molar-refractivity contribution is 0.133. The zero-order valence-corrected chi connectivity index (χ0v) is 13.6. The van der Waals surface area contributed by atoms with Crippen molar-refractivity contribution in [1.29, 1.82) is 0 Å². The Balaban J connectivity index is 1.83. The Morgan fingerprint density at radius 2 is 1.35 bits per heavy atom. The van der Waals surface area contributed by atoms with Gasteiger partial charge in [0.2, 0.25) is 0 Å². The number of piperidine rings is 1. The fourth-order valence-electron chi connectivity index (χ4n) is 3.26. The van der Waals surface area contributed by atoms with Gasteiger partial charge in [-0.25, -0.2) is 0 Å².